The van der Waals surface area contributed by atoms with Crippen LogP contribution in [0.4, 0.5) is 5.82 Å². The molecular formula is C7H10ClN3S. The molecule has 12 heavy (non-hydrogen) atoms. The number of halogens is 1. The van der Waals surface area contributed by atoms with Crippen LogP contribution < -0.4 is 4.90 Å². The van der Waals surface area contributed by atoms with Crippen molar-refractivity contribution in [3.63, 3.8) is 0 Å². The van der Waals surface area contributed by atoms with E-state index in [1.54, 1.807) is 6.92 Å². The number of aryl methyl sites for hydroxylation is 1. The predicted octanol–water partition coefficient (Wildman–Crippen LogP) is 1.79. The molecule has 0 aliphatic rings. The summed E-state index contributed by atoms with van der Waals surface area (Å²) < 4.78 is 0. The lowest BCUT2D eigenvalue weighted by atomic mass is 10.5. The molecule has 1 aromatic heterocycles. The summed E-state index contributed by atoms with van der Waals surface area (Å²) in [5, 5.41) is 0.398. The van der Waals surface area contributed by atoms with Gasteiger partial charge in [0.15, 0.2) is 0 Å². The summed E-state index contributed by atoms with van der Waals surface area (Å²) >= 11 is 10.0. The average Bonchev–Trinajstić information content (AvgIpc) is 1.96. The molecule has 0 bridgehead atoms. The molecule has 0 saturated heterocycles. The molecule has 0 amide bonds. The van der Waals surface area contributed by atoms with Crippen molar-refractivity contribution in [1.82, 2.24) is 9.97 Å². The average molecular weight is 204 g/mol. The summed E-state index contributed by atoms with van der Waals surface area (Å²) in [5.74, 6) is 1.40. The van der Waals surface area contributed by atoms with Crippen molar-refractivity contribution in [2.45, 2.75) is 11.8 Å². The topological polar surface area (TPSA) is 29.0 Å². The third-order valence-corrected chi connectivity index (χ3v) is 2.18. The molecule has 1 aromatic rings. The summed E-state index contributed by atoms with van der Waals surface area (Å²) in [5.41, 5.74) is 0. The van der Waals surface area contributed by atoms with Crippen LogP contribution in [0.3, 0.4) is 0 Å². The van der Waals surface area contributed by atoms with Crippen molar-refractivity contribution in [3.8, 4) is 0 Å². The number of hydrogen-bond acceptors (Lipinski definition) is 4. The van der Waals surface area contributed by atoms with E-state index in [9.17, 15) is 0 Å². The fourth-order valence-corrected chi connectivity index (χ4v) is 1.34. The van der Waals surface area contributed by atoms with Gasteiger partial charge in [-0.15, -0.1) is 12.6 Å². The van der Waals surface area contributed by atoms with Crippen molar-refractivity contribution in [3.05, 3.63) is 11.0 Å². The Morgan fingerprint density at radius 3 is 2.42 bits per heavy atom. The zero-order chi connectivity index (χ0) is 9.30. The Morgan fingerprint density at radius 1 is 1.33 bits per heavy atom. The van der Waals surface area contributed by atoms with E-state index in [0.717, 1.165) is 5.82 Å². The number of anilines is 1. The molecule has 0 atom stereocenters. The molecule has 66 valence electrons. The van der Waals surface area contributed by atoms with Gasteiger partial charge in [-0.2, -0.15) is 0 Å². The van der Waals surface area contributed by atoms with E-state index < -0.39 is 0 Å². The summed E-state index contributed by atoms with van der Waals surface area (Å²) in [4.78, 5) is 10.6. The third-order valence-electron chi connectivity index (χ3n) is 1.36. The predicted molar refractivity (Wildman–Crippen MR) is 53.4 cm³/mol. The molecule has 1 heterocycles. The van der Waals surface area contributed by atoms with Crippen molar-refractivity contribution in [1.29, 1.82) is 0 Å². The normalized spacial score (nSPS) is 10.1. The van der Waals surface area contributed by atoms with Gasteiger partial charge >= 0.3 is 0 Å². The van der Waals surface area contributed by atoms with Crippen LogP contribution in [-0.2, 0) is 0 Å². The van der Waals surface area contributed by atoms with Crippen molar-refractivity contribution < 1.29 is 0 Å². The highest BCUT2D eigenvalue weighted by Crippen LogP contribution is 2.26. The second-order valence-corrected chi connectivity index (χ2v) is 3.43. The zero-order valence-electron chi connectivity index (χ0n) is 7.17. The molecule has 0 N–H and O–H groups in total. The van der Waals surface area contributed by atoms with Gasteiger partial charge in [0.2, 0.25) is 0 Å². The lowest BCUT2D eigenvalue weighted by molar-refractivity contribution is 0.949. The summed E-state index contributed by atoms with van der Waals surface area (Å²) in [6.45, 7) is 1.80. The number of nitrogens with zero attached hydrogens (tertiary/aromatic N) is 3. The van der Waals surface area contributed by atoms with E-state index in [-0.39, 0.29) is 0 Å². The molecule has 3 nitrogen and oxygen atoms in total. The van der Waals surface area contributed by atoms with E-state index in [1.165, 1.54) is 0 Å². The number of hydrogen-bond donors (Lipinski definition) is 1. The molecule has 0 saturated carbocycles. The van der Waals surface area contributed by atoms with Crippen LogP contribution in [0.1, 0.15) is 5.82 Å². The Labute approximate surface area is 82.2 Å². The van der Waals surface area contributed by atoms with Gasteiger partial charge in [0.05, 0.1) is 4.90 Å². The van der Waals surface area contributed by atoms with E-state index in [2.05, 4.69) is 22.6 Å². The fourth-order valence-electron chi connectivity index (χ4n) is 0.830. The SMILES string of the molecule is Cc1nc(Cl)c(S)c(N(C)C)n1. The standard InChI is InChI=1S/C7H10ClN3S/c1-4-9-6(8)5(12)7(10-4)11(2)3/h12H,1-3H3. The van der Waals surface area contributed by atoms with E-state index in [4.69, 9.17) is 11.6 Å². The minimum absolute atomic E-state index is 0.398. The van der Waals surface area contributed by atoms with Crippen LogP contribution in [0, 0.1) is 6.92 Å². The molecular weight excluding hydrogens is 194 g/mol. The quantitative estimate of drug-likeness (QED) is 0.558. The Kier molecular flexibility index (Phi) is 2.80. The Balaban J connectivity index is 3.28. The molecule has 0 aromatic carbocycles. The first-order valence-corrected chi connectivity index (χ1v) is 4.25. The van der Waals surface area contributed by atoms with E-state index >= 15 is 0 Å². The summed E-state index contributed by atoms with van der Waals surface area (Å²) in [7, 11) is 3.77. The Hall–Kier alpha value is -0.480. The third kappa shape index (κ3) is 1.81. The van der Waals surface area contributed by atoms with Gasteiger partial charge in [-0.25, -0.2) is 9.97 Å². The fraction of sp³-hybridized carbons (Fsp3) is 0.429. The van der Waals surface area contributed by atoms with Gasteiger partial charge in [-0.05, 0) is 6.92 Å². The first kappa shape index (κ1) is 9.61. The number of thiol groups is 1. The zero-order valence-corrected chi connectivity index (χ0v) is 8.82. The molecule has 0 fully saturated rings. The van der Waals surface area contributed by atoms with Crippen LogP contribution in [0.15, 0.2) is 4.90 Å². The largest absolute Gasteiger partial charge is 0.362 e. The molecule has 0 aliphatic carbocycles. The summed E-state index contributed by atoms with van der Waals surface area (Å²) in [6.07, 6.45) is 0. The van der Waals surface area contributed by atoms with Crippen molar-refractivity contribution in [2.24, 2.45) is 0 Å². The Morgan fingerprint density at radius 2 is 1.92 bits per heavy atom. The van der Waals surface area contributed by atoms with Crippen LogP contribution in [-0.4, -0.2) is 24.1 Å². The van der Waals surface area contributed by atoms with Crippen LogP contribution in [0.25, 0.3) is 0 Å². The lowest BCUT2D eigenvalue weighted by Gasteiger charge is -2.14. The summed E-state index contributed by atoms with van der Waals surface area (Å²) in [6, 6.07) is 0. The Bertz CT molecular complexity index is 301. The highest BCUT2D eigenvalue weighted by molar-refractivity contribution is 7.80. The second kappa shape index (κ2) is 3.49. The minimum atomic E-state index is 0.398. The molecule has 0 spiro atoms. The first-order valence-electron chi connectivity index (χ1n) is 3.43. The van der Waals surface area contributed by atoms with E-state index in [0.29, 0.717) is 15.9 Å². The lowest BCUT2D eigenvalue weighted by Crippen LogP contribution is -2.12. The molecule has 0 aliphatic heterocycles. The van der Waals surface area contributed by atoms with Gasteiger partial charge in [-0.3, -0.25) is 0 Å². The molecule has 1 rings (SSSR count). The first-order chi connectivity index (χ1) is 5.52. The monoisotopic (exact) mass is 203 g/mol. The van der Waals surface area contributed by atoms with Gasteiger partial charge in [0, 0.05) is 14.1 Å². The minimum Gasteiger partial charge on any atom is -0.362 e. The number of rotatable bonds is 1. The highest BCUT2D eigenvalue weighted by Gasteiger charge is 2.08. The molecule has 0 unspecified atom stereocenters. The maximum absolute atomic E-state index is 5.81. The smallest absolute Gasteiger partial charge is 0.148 e. The van der Waals surface area contributed by atoms with Gasteiger partial charge < -0.3 is 4.90 Å². The highest BCUT2D eigenvalue weighted by atomic mass is 35.5. The van der Waals surface area contributed by atoms with Gasteiger partial charge in [-0.1, -0.05) is 11.6 Å². The van der Waals surface area contributed by atoms with Crippen LogP contribution >= 0.6 is 24.2 Å². The second-order valence-electron chi connectivity index (χ2n) is 2.63. The molecule has 0 radical (unpaired) electrons. The number of aromatic nitrogens is 2. The van der Waals surface area contributed by atoms with Gasteiger partial charge in [0.1, 0.15) is 16.8 Å². The van der Waals surface area contributed by atoms with E-state index in [1.807, 2.05) is 19.0 Å². The maximum Gasteiger partial charge on any atom is 0.148 e. The van der Waals surface area contributed by atoms with Crippen LogP contribution in [0.2, 0.25) is 5.15 Å². The van der Waals surface area contributed by atoms with Crippen molar-refractivity contribution in [2.75, 3.05) is 19.0 Å². The molecule has 5 heteroatoms. The van der Waals surface area contributed by atoms with Gasteiger partial charge in [0.25, 0.3) is 0 Å². The maximum atomic E-state index is 5.81. The van der Waals surface area contributed by atoms with Crippen LogP contribution in [0.5, 0.6) is 0 Å². The van der Waals surface area contributed by atoms with Crippen molar-refractivity contribution >= 4 is 30.0 Å².